The minimum Gasteiger partial charge on any atom is -0.347 e. The van der Waals surface area contributed by atoms with Gasteiger partial charge in [-0.1, -0.05) is 6.42 Å². The molecule has 0 bridgehead atoms. The fraction of sp³-hybridized carbons (Fsp3) is 1.00. The van der Waals surface area contributed by atoms with Crippen molar-refractivity contribution in [1.29, 1.82) is 0 Å². The highest BCUT2D eigenvalue weighted by molar-refractivity contribution is 4.85. The van der Waals surface area contributed by atoms with Crippen LogP contribution in [0.4, 0.5) is 0 Å². The molecule has 0 radical (unpaired) electrons. The molecule has 3 heteroatoms. The summed E-state index contributed by atoms with van der Waals surface area (Å²) < 4.78 is 12.1. The molecule has 0 aromatic carbocycles. The third-order valence-electron chi connectivity index (χ3n) is 4.19. The third kappa shape index (κ3) is 2.27. The zero-order valence-electron chi connectivity index (χ0n) is 10.1. The second-order valence-corrected chi connectivity index (χ2v) is 5.53. The summed E-state index contributed by atoms with van der Waals surface area (Å²) in [5.74, 6) is -0.166. The first-order valence-electron chi connectivity index (χ1n) is 6.90. The minimum atomic E-state index is -0.166. The Bertz CT molecular complexity index is 232. The largest absolute Gasteiger partial charge is 0.347 e. The maximum absolute atomic E-state index is 6.15. The molecule has 3 aliphatic rings. The molecule has 1 aliphatic carbocycles. The zero-order valence-corrected chi connectivity index (χ0v) is 10.1. The van der Waals surface area contributed by atoms with Crippen molar-refractivity contribution in [3.63, 3.8) is 0 Å². The van der Waals surface area contributed by atoms with E-state index in [1.807, 2.05) is 0 Å². The van der Waals surface area contributed by atoms with Crippen molar-refractivity contribution in [2.24, 2.45) is 0 Å². The fourth-order valence-corrected chi connectivity index (χ4v) is 3.31. The van der Waals surface area contributed by atoms with E-state index in [1.165, 1.54) is 45.2 Å². The van der Waals surface area contributed by atoms with Crippen LogP contribution in [0.1, 0.15) is 44.9 Å². The summed E-state index contributed by atoms with van der Waals surface area (Å²) in [4.78, 5) is 2.55. The van der Waals surface area contributed by atoms with Gasteiger partial charge in [0.1, 0.15) is 0 Å². The lowest BCUT2D eigenvalue weighted by Crippen LogP contribution is -2.38. The van der Waals surface area contributed by atoms with Gasteiger partial charge in [-0.25, -0.2) is 0 Å². The van der Waals surface area contributed by atoms with E-state index in [9.17, 15) is 0 Å². The van der Waals surface area contributed by atoms with Crippen molar-refractivity contribution < 1.29 is 9.47 Å². The molecule has 0 unspecified atom stereocenters. The monoisotopic (exact) mass is 225 g/mol. The van der Waals surface area contributed by atoms with Gasteiger partial charge < -0.3 is 14.4 Å². The van der Waals surface area contributed by atoms with Gasteiger partial charge in [0.2, 0.25) is 0 Å². The van der Waals surface area contributed by atoms with Gasteiger partial charge >= 0.3 is 0 Å². The molecule has 92 valence electrons. The van der Waals surface area contributed by atoms with Crippen molar-refractivity contribution in [3.8, 4) is 0 Å². The van der Waals surface area contributed by atoms with Crippen LogP contribution in [0.15, 0.2) is 0 Å². The highest BCUT2D eigenvalue weighted by Crippen LogP contribution is 2.39. The Morgan fingerprint density at radius 1 is 1.00 bits per heavy atom. The van der Waals surface area contributed by atoms with Gasteiger partial charge in [-0.3, -0.25) is 0 Å². The topological polar surface area (TPSA) is 21.7 Å². The average molecular weight is 225 g/mol. The van der Waals surface area contributed by atoms with E-state index in [0.29, 0.717) is 6.10 Å². The maximum Gasteiger partial charge on any atom is 0.168 e. The molecule has 16 heavy (non-hydrogen) atoms. The van der Waals surface area contributed by atoms with Crippen molar-refractivity contribution in [3.05, 3.63) is 0 Å². The molecule has 1 saturated carbocycles. The lowest BCUT2D eigenvalue weighted by atomic mass is 10.1. The van der Waals surface area contributed by atoms with Gasteiger partial charge in [0.25, 0.3) is 0 Å². The van der Waals surface area contributed by atoms with Crippen LogP contribution < -0.4 is 0 Å². The fourth-order valence-electron chi connectivity index (χ4n) is 3.31. The normalized spacial score (nSPS) is 34.9. The molecule has 3 fully saturated rings. The van der Waals surface area contributed by atoms with Crippen molar-refractivity contribution in [1.82, 2.24) is 4.90 Å². The Morgan fingerprint density at radius 2 is 1.75 bits per heavy atom. The first kappa shape index (κ1) is 11.0. The van der Waals surface area contributed by atoms with E-state index < -0.39 is 0 Å². The summed E-state index contributed by atoms with van der Waals surface area (Å²) in [6, 6.07) is 0. The van der Waals surface area contributed by atoms with Crippen LogP contribution in [0.5, 0.6) is 0 Å². The number of rotatable bonds is 2. The second kappa shape index (κ2) is 4.63. The second-order valence-electron chi connectivity index (χ2n) is 5.53. The van der Waals surface area contributed by atoms with E-state index in [0.717, 1.165) is 26.0 Å². The van der Waals surface area contributed by atoms with Gasteiger partial charge in [0.05, 0.1) is 12.7 Å². The molecular formula is C13H23NO2. The van der Waals surface area contributed by atoms with E-state index in [2.05, 4.69) is 4.90 Å². The number of piperidine rings is 1. The molecule has 3 nitrogen and oxygen atoms in total. The Balaban J connectivity index is 1.49. The van der Waals surface area contributed by atoms with Crippen molar-refractivity contribution >= 4 is 0 Å². The molecular weight excluding hydrogens is 202 g/mol. The number of hydrogen-bond acceptors (Lipinski definition) is 3. The molecule has 1 spiro atoms. The molecule has 1 atom stereocenters. The minimum absolute atomic E-state index is 0.166. The van der Waals surface area contributed by atoms with Crippen LogP contribution in [0.2, 0.25) is 0 Å². The van der Waals surface area contributed by atoms with Crippen LogP contribution in [0, 0.1) is 0 Å². The van der Waals surface area contributed by atoms with E-state index in [4.69, 9.17) is 9.47 Å². The van der Waals surface area contributed by atoms with E-state index in [1.54, 1.807) is 0 Å². The van der Waals surface area contributed by atoms with Crippen LogP contribution in [-0.2, 0) is 9.47 Å². The lowest BCUT2D eigenvalue weighted by Gasteiger charge is -2.29. The van der Waals surface area contributed by atoms with Crippen LogP contribution in [0.25, 0.3) is 0 Å². The summed E-state index contributed by atoms with van der Waals surface area (Å²) in [6.45, 7) is 4.41. The predicted octanol–water partition coefficient (Wildman–Crippen LogP) is 2.16. The van der Waals surface area contributed by atoms with Gasteiger partial charge in [0.15, 0.2) is 5.79 Å². The van der Waals surface area contributed by atoms with E-state index in [-0.39, 0.29) is 5.79 Å². The quantitative estimate of drug-likeness (QED) is 0.719. The summed E-state index contributed by atoms with van der Waals surface area (Å²) in [5.41, 5.74) is 0. The van der Waals surface area contributed by atoms with Crippen LogP contribution in [0.3, 0.4) is 0 Å². The zero-order chi connectivity index (χ0) is 10.8. The molecule has 0 amide bonds. The molecule has 2 heterocycles. The first-order chi connectivity index (χ1) is 7.86. The summed E-state index contributed by atoms with van der Waals surface area (Å²) >= 11 is 0. The van der Waals surface area contributed by atoms with Crippen LogP contribution >= 0.6 is 0 Å². The Kier molecular flexibility index (Phi) is 3.18. The lowest BCUT2D eigenvalue weighted by molar-refractivity contribution is -0.163. The molecule has 0 aromatic rings. The highest BCUT2D eigenvalue weighted by atomic mass is 16.7. The van der Waals surface area contributed by atoms with Crippen molar-refractivity contribution in [2.75, 3.05) is 26.2 Å². The number of hydrogen-bond donors (Lipinski definition) is 0. The molecule has 2 aliphatic heterocycles. The maximum atomic E-state index is 6.15. The summed E-state index contributed by atoms with van der Waals surface area (Å²) in [7, 11) is 0. The molecule has 0 N–H and O–H groups in total. The predicted molar refractivity (Wildman–Crippen MR) is 62.3 cm³/mol. The Morgan fingerprint density at radius 3 is 2.50 bits per heavy atom. The number of ether oxygens (including phenoxy) is 2. The molecule has 0 aromatic heterocycles. The van der Waals surface area contributed by atoms with Crippen LogP contribution in [-0.4, -0.2) is 43.0 Å². The highest BCUT2D eigenvalue weighted by Gasteiger charge is 2.43. The molecule has 2 saturated heterocycles. The summed E-state index contributed by atoms with van der Waals surface area (Å²) in [5, 5.41) is 0. The average Bonchev–Trinajstić information content (AvgIpc) is 2.92. The standard InChI is InChI=1S/C13H23NO2/c1-4-8-14(9-5-1)10-12-11-15-13(16-12)6-2-3-7-13/h12H,1-11H2/t12-/m1/s1. The van der Waals surface area contributed by atoms with E-state index >= 15 is 0 Å². The SMILES string of the molecule is C1CCN(C[C@@H]2COC3(CCCC3)O2)CC1. The van der Waals surface area contributed by atoms with Crippen molar-refractivity contribution in [2.45, 2.75) is 56.8 Å². The van der Waals surface area contributed by atoms with Gasteiger partial charge in [0, 0.05) is 19.4 Å². The number of likely N-dealkylation sites (tertiary alicyclic amines) is 1. The Labute approximate surface area is 98.1 Å². The third-order valence-corrected chi connectivity index (χ3v) is 4.19. The van der Waals surface area contributed by atoms with Gasteiger partial charge in [-0.2, -0.15) is 0 Å². The van der Waals surface area contributed by atoms with Gasteiger partial charge in [-0.15, -0.1) is 0 Å². The molecule has 3 rings (SSSR count). The summed E-state index contributed by atoms with van der Waals surface area (Å²) in [6.07, 6.45) is 9.23. The Hall–Kier alpha value is -0.120. The number of nitrogens with zero attached hydrogens (tertiary/aromatic N) is 1. The van der Waals surface area contributed by atoms with Gasteiger partial charge in [-0.05, 0) is 38.8 Å². The smallest absolute Gasteiger partial charge is 0.168 e. The first-order valence-corrected chi connectivity index (χ1v) is 6.90.